The number of pyridine rings is 1. The second-order valence-corrected chi connectivity index (χ2v) is 5.72. The first-order chi connectivity index (χ1) is 7.92. The Kier molecular flexibility index (Phi) is 4.41. The van der Waals surface area contributed by atoms with Gasteiger partial charge in [0.25, 0.3) is 5.91 Å². The van der Waals surface area contributed by atoms with Crippen LogP contribution in [0, 0.1) is 0 Å². The molecule has 0 unspecified atom stereocenters. The average Bonchev–Trinajstić information content (AvgIpc) is 2.27. The molecule has 1 heterocycles. The summed E-state index contributed by atoms with van der Waals surface area (Å²) in [4.78, 5) is 15.4. The number of rotatable bonds is 5. The number of nitrogens with zero attached hydrogens (tertiary/aromatic N) is 1. The molecule has 0 saturated heterocycles. The predicted octanol–water partition coefficient (Wildman–Crippen LogP) is -0.858. The second kappa shape index (κ2) is 5.60. The van der Waals surface area contributed by atoms with Crippen molar-refractivity contribution in [2.24, 2.45) is 5.84 Å². The number of hydrogen-bond acceptors (Lipinski definition) is 6. The first kappa shape index (κ1) is 13.4. The van der Waals surface area contributed by atoms with Crippen LogP contribution in [0.4, 0.5) is 5.82 Å². The summed E-state index contributed by atoms with van der Waals surface area (Å²) in [5.74, 6) is 5.11. The van der Waals surface area contributed by atoms with Crippen molar-refractivity contribution in [2.45, 2.75) is 0 Å². The molecule has 0 aliphatic rings. The number of carbonyl (C=O) groups excluding carboxylic acids is 1. The molecule has 1 aromatic rings. The van der Waals surface area contributed by atoms with Crippen LogP contribution in [0.3, 0.4) is 0 Å². The highest BCUT2D eigenvalue weighted by atomic mass is 32.2. The molecule has 0 radical (unpaired) electrons. The third kappa shape index (κ3) is 4.79. The number of hydrazine groups is 1. The van der Waals surface area contributed by atoms with Crippen LogP contribution in [-0.2, 0) is 9.84 Å². The van der Waals surface area contributed by atoms with Crippen LogP contribution in [0.2, 0.25) is 0 Å². The monoisotopic (exact) mass is 258 g/mol. The lowest BCUT2D eigenvalue weighted by Crippen LogP contribution is -2.28. The number of hydrogen-bond donors (Lipinski definition) is 3. The average molecular weight is 258 g/mol. The molecular formula is C9H14N4O3S. The smallest absolute Gasteiger partial charge is 0.252 e. The van der Waals surface area contributed by atoms with Crippen molar-refractivity contribution in [1.29, 1.82) is 0 Å². The summed E-state index contributed by atoms with van der Waals surface area (Å²) in [6, 6.07) is 3.09. The van der Waals surface area contributed by atoms with E-state index in [0.717, 1.165) is 6.26 Å². The molecule has 1 amide bonds. The molecule has 0 aromatic carbocycles. The van der Waals surface area contributed by atoms with Crippen LogP contribution in [0.1, 0.15) is 10.4 Å². The van der Waals surface area contributed by atoms with Crippen LogP contribution < -0.4 is 16.6 Å². The van der Waals surface area contributed by atoms with Crippen molar-refractivity contribution in [3.63, 3.8) is 0 Å². The van der Waals surface area contributed by atoms with Crippen molar-refractivity contribution in [2.75, 3.05) is 24.0 Å². The highest BCUT2D eigenvalue weighted by Crippen LogP contribution is 2.02. The Bertz CT molecular complexity index is 483. The molecule has 17 heavy (non-hydrogen) atoms. The molecule has 1 aromatic heterocycles. The lowest BCUT2D eigenvalue weighted by atomic mass is 10.2. The van der Waals surface area contributed by atoms with Gasteiger partial charge in [-0.1, -0.05) is 0 Å². The topological polar surface area (TPSA) is 114 Å². The van der Waals surface area contributed by atoms with Crippen molar-refractivity contribution >= 4 is 21.6 Å². The molecule has 8 heteroatoms. The number of anilines is 1. The summed E-state index contributed by atoms with van der Waals surface area (Å²) in [6.07, 6.45) is 2.47. The zero-order chi connectivity index (χ0) is 12.9. The maximum atomic E-state index is 11.5. The van der Waals surface area contributed by atoms with Crippen molar-refractivity contribution in [3.05, 3.63) is 23.9 Å². The maximum Gasteiger partial charge on any atom is 0.252 e. The standard InChI is InChI=1S/C9H14N4O3S/c1-17(15,16)5-4-11-9(14)7-2-3-8(13-10)12-6-7/h2-3,6H,4-5,10H2,1H3,(H,11,14)(H,12,13). The van der Waals surface area contributed by atoms with E-state index in [4.69, 9.17) is 5.84 Å². The summed E-state index contributed by atoms with van der Waals surface area (Å²) in [6.45, 7) is 0.0779. The highest BCUT2D eigenvalue weighted by molar-refractivity contribution is 7.90. The Morgan fingerprint density at radius 3 is 2.65 bits per heavy atom. The molecule has 0 aliphatic heterocycles. The molecule has 4 N–H and O–H groups in total. The van der Waals surface area contributed by atoms with Gasteiger partial charge in [0, 0.05) is 19.0 Å². The fourth-order valence-electron chi connectivity index (χ4n) is 1.07. The lowest BCUT2D eigenvalue weighted by Gasteiger charge is -2.04. The Morgan fingerprint density at radius 2 is 2.18 bits per heavy atom. The number of sulfone groups is 1. The summed E-state index contributed by atoms with van der Waals surface area (Å²) >= 11 is 0. The van der Waals surface area contributed by atoms with Gasteiger partial charge in [-0.25, -0.2) is 19.2 Å². The molecule has 1 rings (SSSR count). The van der Waals surface area contributed by atoms with Crippen molar-refractivity contribution < 1.29 is 13.2 Å². The van der Waals surface area contributed by atoms with Gasteiger partial charge < -0.3 is 10.7 Å². The van der Waals surface area contributed by atoms with Gasteiger partial charge in [0.15, 0.2) is 0 Å². The normalized spacial score (nSPS) is 10.9. The molecule has 0 atom stereocenters. The minimum absolute atomic E-state index is 0.0779. The summed E-state index contributed by atoms with van der Waals surface area (Å²) in [5.41, 5.74) is 2.68. The van der Waals surface area contributed by atoms with Crippen LogP contribution in [0.5, 0.6) is 0 Å². The van der Waals surface area contributed by atoms with E-state index in [2.05, 4.69) is 15.7 Å². The minimum atomic E-state index is -3.07. The number of aromatic nitrogens is 1. The van der Waals surface area contributed by atoms with E-state index >= 15 is 0 Å². The zero-order valence-electron chi connectivity index (χ0n) is 9.30. The van der Waals surface area contributed by atoms with E-state index in [9.17, 15) is 13.2 Å². The van der Waals surface area contributed by atoms with Gasteiger partial charge in [0.1, 0.15) is 15.7 Å². The van der Waals surface area contributed by atoms with E-state index in [1.54, 1.807) is 6.07 Å². The quantitative estimate of drug-likeness (QED) is 0.468. The zero-order valence-corrected chi connectivity index (χ0v) is 10.1. The summed E-state index contributed by atoms with van der Waals surface area (Å²) in [5, 5.41) is 2.48. The van der Waals surface area contributed by atoms with Gasteiger partial charge in [-0.3, -0.25) is 4.79 Å². The third-order valence-corrected chi connectivity index (χ3v) is 2.88. The van der Waals surface area contributed by atoms with Gasteiger partial charge in [-0.15, -0.1) is 0 Å². The Morgan fingerprint density at radius 1 is 1.47 bits per heavy atom. The highest BCUT2D eigenvalue weighted by Gasteiger charge is 2.07. The van der Waals surface area contributed by atoms with Gasteiger partial charge in [-0.2, -0.15) is 0 Å². The summed E-state index contributed by atoms with van der Waals surface area (Å²) < 4.78 is 21.7. The largest absolute Gasteiger partial charge is 0.351 e. The fraction of sp³-hybridized carbons (Fsp3) is 0.333. The number of nitrogen functional groups attached to an aromatic ring is 1. The van der Waals surface area contributed by atoms with E-state index < -0.39 is 9.84 Å². The van der Waals surface area contributed by atoms with Gasteiger partial charge in [-0.05, 0) is 12.1 Å². The van der Waals surface area contributed by atoms with Gasteiger partial charge in [0.2, 0.25) is 0 Å². The van der Waals surface area contributed by atoms with Crippen LogP contribution >= 0.6 is 0 Å². The molecule has 0 bridgehead atoms. The van der Waals surface area contributed by atoms with E-state index in [-0.39, 0.29) is 18.2 Å². The number of carbonyl (C=O) groups is 1. The van der Waals surface area contributed by atoms with Crippen LogP contribution in [-0.4, -0.2) is 37.9 Å². The minimum Gasteiger partial charge on any atom is -0.351 e. The molecular weight excluding hydrogens is 244 g/mol. The lowest BCUT2D eigenvalue weighted by molar-refractivity contribution is 0.0956. The molecule has 0 spiro atoms. The van der Waals surface area contributed by atoms with Crippen molar-refractivity contribution in [1.82, 2.24) is 10.3 Å². The Hall–Kier alpha value is -1.67. The van der Waals surface area contributed by atoms with Crippen LogP contribution in [0.15, 0.2) is 18.3 Å². The van der Waals surface area contributed by atoms with Gasteiger partial charge >= 0.3 is 0 Å². The van der Waals surface area contributed by atoms with E-state index in [1.165, 1.54) is 12.3 Å². The molecule has 94 valence electrons. The first-order valence-electron chi connectivity index (χ1n) is 4.81. The second-order valence-electron chi connectivity index (χ2n) is 3.46. The third-order valence-electron chi connectivity index (χ3n) is 1.93. The molecule has 0 fully saturated rings. The Balaban J connectivity index is 2.52. The van der Waals surface area contributed by atoms with Crippen molar-refractivity contribution in [3.8, 4) is 0 Å². The Labute approximate surface area is 99.3 Å². The number of nitrogens with two attached hydrogens (primary N) is 1. The molecule has 0 aliphatic carbocycles. The number of amides is 1. The predicted molar refractivity (Wildman–Crippen MR) is 64.1 cm³/mol. The van der Waals surface area contributed by atoms with E-state index in [1.807, 2.05) is 0 Å². The fourth-order valence-corrected chi connectivity index (χ4v) is 1.54. The van der Waals surface area contributed by atoms with E-state index in [0.29, 0.717) is 11.4 Å². The van der Waals surface area contributed by atoms with Crippen LogP contribution in [0.25, 0.3) is 0 Å². The maximum absolute atomic E-state index is 11.5. The summed E-state index contributed by atoms with van der Waals surface area (Å²) in [7, 11) is -3.07. The van der Waals surface area contributed by atoms with Gasteiger partial charge in [0.05, 0.1) is 11.3 Å². The number of nitrogens with one attached hydrogen (secondary N) is 2. The molecule has 0 saturated carbocycles. The first-order valence-corrected chi connectivity index (χ1v) is 6.87. The molecule has 7 nitrogen and oxygen atoms in total. The SMILES string of the molecule is CS(=O)(=O)CCNC(=O)c1ccc(NN)nc1.